The topological polar surface area (TPSA) is 68.5 Å². The number of carbonyl (C=O) groups excluding carboxylic acids is 1. The van der Waals surface area contributed by atoms with E-state index < -0.39 is 0 Å². The van der Waals surface area contributed by atoms with Crippen LogP contribution in [0.15, 0.2) is 18.3 Å². The maximum atomic E-state index is 12.4. The normalized spacial score (nSPS) is 26.2. The van der Waals surface area contributed by atoms with Gasteiger partial charge in [-0.25, -0.2) is 0 Å². The minimum Gasteiger partial charge on any atom is -0.397 e. The Bertz CT molecular complexity index is 460. The van der Waals surface area contributed by atoms with Crippen molar-refractivity contribution in [2.75, 3.05) is 18.9 Å². The fourth-order valence-corrected chi connectivity index (χ4v) is 3.03. The number of morpholine rings is 1. The minimum atomic E-state index is 0.150. The molecule has 0 bridgehead atoms. The van der Waals surface area contributed by atoms with Gasteiger partial charge in [-0.15, -0.1) is 0 Å². The Morgan fingerprint density at radius 2 is 2.37 bits per heavy atom. The van der Waals surface area contributed by atoms with E-state index in [0.717, 1.165) is 25.0 Å². The van der Waals surface area contributed by atoms with Crippen molar-refractivity contribution in [3.63, 3.8) is 0 Å². The first kappa shape index (κ1) is 12.4. The average molecular weight is 261 g/mol. The zero-order chi connectivity index (χ0) is 13.2. The summed E-state index contributed by atoms with van der Waals surface area (Å²) >= 11 is 0. The van der Waals surface area contributed by atoms with Crippen molar-refractivity contribution in [2.45, 2.75) is 37.8 Å². The van der Waals surface area contributed by atoms with Crippen LogP contribution in [0.1, 0.15) is 25.0 Å². The third kappa shape index (κ3) is 2.56. The molecule has 1 amide bonds. The molecule has 0 aromatic carbocycles. The second-order valence-corrected chi connectivity index (χ2v) is 5.25. The molecule has 2 fully saturated rings. The van der Waals surface area contributed by atoms with Crippen LogP contribution in [0.5, 0.6) is 0 Å². The molecule has 1 aliphatic carbocycles. The molecule has 2 aliphatic rings. The molecule has 102 valence electrons. The van der Waals surface area contributed by atoms with E-state index in [0.29, 0.717) is 25.3 Å². The highest BCUT2D eigenvalue weighted by Gasteiger charge is 2.38. The van der Waals surface area contributed by atoms with Gasteiger partial charge < -0.3 is 15.4 Å². The predicted molar refractivity (Wildman–Crippen MR) is 71.4 cm³/mol. The monoisotopic (exact) mass is 261 g/mol. The molecule has 1 aliphatic heterocycles. The number of anilines is 1. The van der Waals surface area contributed by atoms with Gasteiger partial charge in [0.2, 0.25) is 5.91 Å². The fourth-order valence-electron chi connectivity index (χ4n) is 3.03. The Kier molecular flexibility index (Phi) is 3.38. The van der Waals surface area contributed by atoms with E-state index in [4.69, 9.17) is 10.5 Å². The van der Waals surface area contributed by atoms with Gasteiger partial charge in [0, 0.05) is 12.2 Å². The minimum absolute atomic E-state index is 0.150. The number of aromatic nitrogens is 1. The Morgan fingerprint density at radius 3 is 3.16 bits per heavy atom. The number of ether oxygens (including phenoxy) is 1. The van der Waals surface area contributed by atoms with Crippen LogP contribution in [0, 0.1) is 0 Å². The summed E-state index contributed by atoms with van der Waals surface area (Å²) in [6, 6.07) is 3.88. The zero-order valence-corrected chi connectivity index (χ0v) is 10.9. The number of pyridine rings is 1. The van der Waals surface area contributed by atoms with Gasteiger partial charge in [0.15, 0.2) is 0 Å². The van der Waals surface area contributed by atoms with Crippen molar-refractivity contribution in [3.05, 3.63) is 24.0 Å². The SMILES string of the molecule is Nc1ccc(CC(=O)N2CCOC3CCCC32)nc1. The zero-order valence-electron chi connectivity index (χ0n) is 10.9. The molecule has 1 saturated carbocycles. The standard InChI is InChI=1S/C14H19N3O2/c15-10-4-5-11(16-9-10)8-14(18)17-6-7-19-13-3-1-2-12(13)17/h4-5,9,12-13H,1-3,6-8,15H2. The molecule has 1 saturated heterocycles. The molecule has 1 aromatic rings. The van der Waals surface area contributed by atoms with Gasteiger partial charge in [0.25, 0.3) is 0 Å². The van der Waals surface area contributed by atoms with Gasteiger partial charge in [0.05, 0.1) is 37.1 Å². The molecular formula is C14H19N3O2. The second kappa shape index (κ2) is 5.17. The van der Waals surface area contributed by atoms with Gasteiger partial charge in [-0.05, 0) is 31.4 Å². The Labute approximate surface area is 112 Å². The molecule has 1 aromatic heterocycles. The highest BCUT2D eigenvalue weighted by Crippen LogP contribution is 2.29. The molecule has 0 spiro atoms. The maximum Gasteiger partial charge on any atom is 0.229 e. The van der Waals surface area contributed by atoms with E-state index >= 15 is 0 Å². The van der Waals surface area contributed by atoms with E-state index in [1.807, 2.05) is 11.0 Å². The van der Waals surface area contributed by atoms with Crippen LogP contribution in [0.3, 0.4) is 0 Å². The van der Waals surface area contributed by atoms with Crippen molar-refractivity contribution in [3.8, 4) is 0 Å². The third-order valence-corrected chi connectivity index (χ3v) is 3.98. The molecule has 5 nitrogen and oxygen atoms in total. The summed E-state index contributed by atoms with van der Waals surface area (Å²) in [6.45, 7) is 1.36. The quantitative estimate of drug-likeness (QED) is 0.862. The number of hydrogen-bond donors (Lipinski definition) is 1. The molecule has 0 radical (unpaired) electrons. The highest BCUT2D eigenvalue weighted by atomic mass is 16.5. The largest absolute Gasteiger partial charge is 0.397 e. The molecule has 19 heavy (non-hydrogen) atoms. The lowest BCUT2D eigenvalue weighted by Crippen LogP contribution is -2.51. The summed E-state index contributed by atoms with van der Waals surface area (Å²) in [6.07, 6.45) is 5.49. The molecule has 2 unspecified atom stereocenters. The van der Waals surface area contributed by atoms with Crippen molar-refractivity contribution < 1.29 is 9.53 Å². The Hall–Kier alpha value is -1.62. The van der Waals surface area contributed by atoms with E-state index in [2.05, 4.69) is 4.98 Å². The number of amides is 1. The summed E-state index contributed by atoms with van der Waals surface area (Å²) in [5.74, 6) is 0.150. The number of nitrogens with zero attached hydrogens (tertiary/aromatic N) is 2. The van der Waals surface area contributed by atoms with Crippen molar-refractivity contribution in [1.82, 2.24) is 9.88 Å². The molecular weight excluding hydrogens is 242 g/mol. The van der Waals surface area contributed by atoms with Crippen molar-refractivity contribution in [1.29, 1.82) is 0 Å². The number of carbonyl (C=O) groups is 1. The molecule has 2 heterocycles. The highest BCUT2D eigenvalue weighted by molar-refractivity contribution is 5.79. The number of fused-ring (bicyclic) bond motifs is 1. The molecule has 2 atom stereocenters. The van der Waals surface area contributed by atoms with Gasteiger partial charge in [-0.2, -0.15) is 0 Å². The molecule has 2 N–H and O–H groups in total. The van der Waals surface area contributed by atoms with Crippen molar-refractivity contribution >= 4 is 11.6 Å². The predicted octanol–water partition coefficient (Wildman–Crippen LogP) is 0.986. The van der Waals surface area contributed by atoms with Crippen LogP contribution in [-0.2, 0) is 16.0 Å². The van der Waals surface area contributed by atoms with Gasteiger partial charge in [-0.1, -0.05) is 0 Å². The van der Waals surface area contributed by atoms with Crippen LogP contribution in [0.2, 0.25) is 0 Å². The van der Waals surface area contributed by atoms with Crippen LogP contribution < -0.4 is 5.73 Å². The number of rotatable bonds is 2. The van der Waals surface area contributed by atoms with Crippen LogP contribution in [0.25, 0.3) is 0 Å². The van der Waals surface area contributed by atoms with Crippen LogP contribution in [0.4, 0.5) is 5.69 Å². The number of nitrogen functional groups attached to an aromatic ring is 1. The van der Waals surface area contributed by atoms with Gasteiger partial charge >= 0.3 is 0 Å². The van der Waals surface area contributed by atoms with E-state index in [1.54, 1.807) is 12.3 Å². The summed E-state index contributed by atoms with van der Waals surface area (Å²) < 4.78 is 5.72. The summed E-state index contributed by atoms with van der Waals surface area (Å²) in [7, 11) is 0. The molecule has 5 heteroatoms. The number of nitrogens with two attached hydrogens (primary N) is 1. The third-order valence-electron chi connectivity index (χ3n) is 3.98. The summed E-state index contributed by atoms with van der Waals surface area (Å²) in [4.78, 5) is 18.6. The molecule has 3 rings (SSSR count). The second-order valence-electron chi connectivity index (χ2n) is 5.25. The van der Waals surface area contributed by atoms with Gasteiger partial charge in [-0.3, -0.25) is 9.78 Å². The van der Waals surface area contributed by atoms with E-state index in [1.165, 1.54) is 0 Å². The lowest BCUT2D eigenvalue weighted by Gasteiger charge is -2.37. The van der Waals surface area contributed by atoms with Crippen molar-refractivity contribution in [2.24, 2.45) is 0 Å². The average Bonchev–Trinajstić information content (AvgIpc) is 2.89. The lowest BCUT2D eigenvalue weighted by molar-refractivity contribution is -0.143. The number of hydrogen-bond acceptors (Lipinski definition) is 4. The first-order valence-corrected chi connectivity index (χ1v) is 6.85. The Balaban J connectivity index is 1.67. The van der Waals surface area contributed by atoms with Crippen LogP contribution in [-0.4, -0.2) is 41.1 Å². The fraction of sp³-hybridized carbons (Fsp3) is 0.571. The summed E-state index contributed by atoms with van der Waals surface area (Å²) in [5, 5.41) is 0. The van der Waals surface area contributed by atoms with E-state index in [9.17, 15) is 4.79 Å². The smallest absolute Gasteiger partial charge is 0.229 e. The first-order chi connectivity index (χ1) is 9.24. The van der Waals surface area contributed by atoms with E-state index in [-0.39, 0.29) is 18.1 Å². The Morgan fingerprint density at radius 1 is 1.47 bits per heavy atom. The first-order valence-electron chi connectivity index (χ1n) is 6.85. The van der Waals surface area contributed by atoms with Gasteiger partial charge in [0.1, 0.15) is 0 Å². The summed E-state index contributed by atoms with van der Waals surface area (Å²) in [5.41, 5.74) is 7.00. The van der Waals surface area contributed by atoms with Crippen LogP contribution >= 0.6 is 0 Å². The lowest BCUT2D eigenvalue weighted by atomic mass is 10.1. The maximum absolute atomic E-state index is 12.4.